The van der Waals surface area contributed by atoms with Crippen molar-refractivity contribution in [2.45, 2.75) is 50.9 Å². The van der Waals surface area contributed by atoms with Gasteiger partial charge in [0.2, 0.25) is 12.7 Å². The topological polar surface area (TPSA) is 65.4 Å². The lowest BCUT2D eigenvalue weighted by molar-refractivity contribution is -0.119. The van der Waals surface area contributed by atoms with Crippen LogP contribution in [-0.2, 0) is 4.79 Å². The SMILES string of the molecule is Cc1nc(SCC(=O)N[C@H](C)c2ccc3c(c2)OCO3)n(C2CC2)c1C. The van der Waals surface area contributed by atoms with Crippen LogP contribution in [0, 0.1) is 13.8 Å². The fraction of sp³-hybridized carbons (Fsp3) is 0.474. The van der Waals surface area contributed by atoms with Gasteiger partial charge in [0.15, 0.2) is 16.7 Å². The van der Waals surface area contributed by atoms with Crippen LogP contribution in [0.25, 0.3) is 0 Å². The smallest absolute Gasteiger partial charge is 0.231 e. The Morgan fingerprint density at radius 2 is 2.12 bits per heavy atom. The van der Waals surface area contributed by atoms with Crippen molar-refractivity contribution in [2.24, 2.45) is 0 Å². The van der Waals surface area contributed by atoms with E-state index >= 15 is 0 Å². The number of carbonyl (C=O) groups excluding carboxylic acids is 1. The van der Waals surface area contributed by atoms with Crippen LogP contribution >= 0.6 is 11.8 Å². The Balaban J connectivity index is 1.36. The standard InChI is InChI=1S/C19H23N3O3S/c1-11-13(3)22(15-5-6-15)19(21-11)26-9-18(23)20-12(2)14-4-7-16-17(8-14)25-10-24-16/h4,7-8,12,15H,5-6,9-10H2,1-3H3,(H,20,23)/t12-/m1/s1. The highest BCUT2D eigenvalue weighted by Gasteiger charge is 2.29. The van der Waals surface area contributed by atoms with E-state index in [0.29, 0.717) is 11.8 Å². The summed E-state index contributed by atoms with van der Waals surface area (Å²) in [6.07, 6.45) is 2.41. The Morgan fingerprint density at radius 3 is 2.88 bits per heavy atom. The second-order valence-electron chi connectivity index (χ2n) is 6.86. The minimum absolute atomic E-state index is 0.000759. The van der Waals surface area contributed by atoms with Crippen molar-refractivity contribution in [1.29, 1.82) is 0 Å². The number of ether oxygens (including phenoxy) is 2. The maximum atomic E-state index is 12.4. The average Bonchev–Trinajstić information content (AvgIpc) is 3.26. The molecule has 6 nitrogen and oxygen atoms in total. The molecule has 0 unspecified atom stereocenters. The summed E-state index contributed by atoms with van der Waals surface area (Å²) >= 11 is 1.51. The summed E-state index contributed by atoms with van der Waals surface area (Å²) in [5.41, 5.74) is 3.26. The summed E-state index contributed by atoms with van der Waals surface area (Å²) in [4.78, 5) is 17.0. The monoisotopic (exact) mass is 373 g/mol. The summed E-state index contributed by atoms with van der Waals surface area (Å²) in [5, 5.41) is 4.00. The fourth-order valence-electron chi connectivity index (χ4n) is 3.14. The molecule has 0 saturated heterocycles. The van der Waals surface area contributed by atoms with E-state index in [4.69, 9.17) is 9.47 Å². The molecule has 4 rings (SSSR count). The second-order valence-corrected chi connectivity index (χ2v) is 7.80. The molecule has 0 radical (unpaired) electrons. The van der Waals surface area contributed by atoms with Gasteiger partial charge < -0.3 is 19.4 Å². The quantitative estimate of drug-likeness (QED) is 0.785. The highest BCUT2D eigenvalue weighted by molar-refractivity contribution is 7.99. The molecule has 2 heterocycles. The summed E-state index contributed by atoms with van der Waals surface area (Å²) in [6, 6.07) is 6.23. The molecule has 7 heteroatoms. The zero-order valence-corrected chi connectivity index (χ0v) is 16.1. The van der Waals surface area contributed by atoms with Crippen LogP contribution in [0.5, 0.6) is 11.5 Å². The molecule has 2 aliphatic rings. The van der Waals surface area contributed by atoms with Gasteiger partial charge in [0.05, 0.1) is 17.5 Å². The molecule has 0 bridgehead atoms. The van der Waals surface area contributed by atoms with E-state index in [2.05, 4.69) is 21.8 Å². The molecule has 1 amide bonds. The number of aryl methyl sites for hydroxylation is 1. The zero-order chi connectivity index (χ0) is 18.3. The van der Waals surface area contributed by atoms with Gasteiger partial charge in [-0.2, -0.15) is 0 Å². The van der Waals surface area contributed by atoms with Crippen LogP contribution < -0.4 is 14.8 Å². The molecule has 1 fully saturated rings. The molecular formula is C19H23N3O3S. The number of aromatic nitrogens is 2. The van der Waals surface area contributed by atoms with Gasteiger partial charge in [0.25, 0.3) is 0 Å². The van der Waals surface area contributed by atoms with Crippen LogP contribution in [0.1, 0.15) is 48.8 Å². The first-order valence-corrected chi connectivity index (χ1v) is 9.88. The molecule has 1 N–H and O–H groups in total. The first-order chi connectivity index (χ1) is 12.5. The number of hydrogen-bond donors (Lipinski definition) is 1. The van der Waals surface area contributed by atoms with Gasteiger partial charge in [-0.15, -0.1) is 0 Å². The third kappa shape index (κ3) is 3.40. The van der Waals surface area contributed by atoms with E-state index in [9.17, 15) is 4.79 Å². The summed E-state index contributed by atoms with van der Waals surface area (Å²) in [5.74, 6) is 1.84. The molecule has 138 valence electrons. The van der Waals surface area contributed by atoms with Crippen LogP contribution in [0.3, 0.4) is 0 Å². The number of amides is 1. The van der Waals surface area contributed by atoms with Gasteiger partial charge in [0, 0.05) is 11.7 Å². The van der Waals surface area contributed by atoms with Crippen molar-refractivity contribution >= 4 is 17.7 Å². The minimum atomic E-state index is -0.0933. The van der Waals surface area contributed by atoms with Crippen molar-refractivity contribution in [3.8, 4) is 11.5 Å². The molecule has 2 aromatic rings. The lowest BCUT2D eigenvalue weighted by Crippen LogP contribution is -2.28. The second kappa shape index (κ2) is 6.87. The minimum Gasteiger partial charge on any atom is -0.454 e. The van der Waals surface area contributed by atoms with Gasteiger partial charge in [-0.25, -0.2) is 4.98 Å². The van der Waals surface area contributed by atoms with Crippen molar-refractivity contribution in [1.82, 2.24) is 14.9 Å². The van der Waals surface area contributed by atoms with E-state index in [0.717, 1.165) is 27.9 Å². The molecule has 26 heavy (non-hydrogen) atoms. The summed E-state index contributed by atoms with van der Waals surface area (Å²) < 4.78 is 13.0. The number of nitrogens with zero attached hydrogens (tertiary/aromatic N) is 2. The molecular weight excluding hydrogens is 350 g/mol. The molecule has 1 saturated carbocycles. The van der Waals surface area contributed by atoms with Crippen molar-refractivity contribution in [2.75, 3.05) is 12.5 Å². The normalized spacial score (nSPS) is 16.6. The maximum absolute atomic E-state index is 12.4. The van der Waals surface area contributed by atoms with E-state index in [1.807, 2.05) is 32.0 Å². The average molecular weight is 373 g/mol. The molecule has 1 aromatic carbocycles. The lowest BCUT2D eigenvalue weighted by atomic mass is 10.1. The largest absolute Gasteiger partial charge is 0.454 e. The van der Waals surface area contributed by atoms with Crippen molar-refractivity contribution in [3.05, 3.63) is 35.2 Å². The van der Waals surface area contributed by atoms with Crippen molar-refractivity contribution < 1.29 is 14.3 Å². The number of nitrogens with one attached hydrogen (secondary N) is 1. The summed E-state index contributed by atoms with van der Waals surface area (Å²) in [7, 11) is 0. The third-order valence-electron chi connectivity index (χ3n) is 4.87. The number of benzene rings is 1. The third-order valence-corrected chi connectivity index (χ3v) is 5.83. The number of imidazole rings is 1. The van der Waals surface area contributed by atoms with E-state index in [1.165, 1.54) is 30.3 Å². The lowest BCUT2D eigenvalue weighted by Gasteiger charge is -2.15. The fourth-order valence-corrected chi connectivity index (χ4v) is 4.11. The van der Waals surface area contributed by atoms with Gasteiger partial charge in [-0.3, -0.25) is 4.79 Å². The van der Waals surface area contributed by atoms with Crippen LogP contribution in [0.15, 0.2) is 23.4 Å². The van der Waals surface area contributed by atoms with Gasteiger partial charge in [-0.05, 0) is 51.3 Å². The van der Waals surface area contributed by atoms with Gasteiger partial charge in [0.1, 0.15) is 0 Å². The Morgan fingerprint density at radius 1 is 1.35 bits per heavy atom. The number of thioether (sulfide) groups is 1. The Hall–Kier alpha value is -2.15. The molecule has 1 aliphatic heterocycles. The van der Waals surface area contributed by atoms with Crippen LogP contribution in [0.2, 0.25) is 0 Å². The predicted molar refractivity (Wildman–Crippen MR) is 99.8 cm³/mol. The van der Waals surface area contributed by atoms with E-state index in [1.54, 1.807) is 0 Å². The first-order valence-electron chi connectivity index (χ1n) is 8.90. The van der Waals surface area contributed by atoms with Gasteiger partial charge >= 0.3 is 0 Å². The highest BCUT2D eigenvalue weighted by atomic mass is 32.2. The van der Waals surface area contributed by atoms with Crippen LogP contribution in [-0.4, -0.2) is 28.0 Å². The first kappa shape index (κ1) is 17.3. The Labute approximate surface area is 157 Å². The van der Waals surface area contributed by atoms with E-state index < -0.39 is 0 Å². The highest BCUT2D eigenvalue weighted by Crippen LogP contribution is 2.40. The Bertz CT molecular complexity index is 845. The Kier molecular flexibility index (Phi) is 4.56. The summed E-state index contributed by atoms with van der Waals surface area (Å²) in [6.45, 7) is 6.36. The predicted octanol–water partition coefficient (Wildman–Crippen LogP) is 3.53. The zero-order valence-electron chi connectivity index (χ0n) is 15.2. The maximum Gasteiger partial charge on any atom is 0.231 e. The number of hydrogen-bond acceptors (Lipinski definition) is 5. The molecule has 0 spiro atoms. The molecule has 1 aliphatic carbocycles. The van der Waals surface area contributed by atoms with E-state index in [-0.39, 0.29) is 18.7 Å². The van der Waals surface area contributed by atoms with Gasteiger partial charge in [-0.1, -0.05) is 17.8 Å². The van der Waals surface area contributed by atoms with Crippen LogP contribution in [0.4, 0.5) is 0 Å². The van der Waals surface area contributed by atoms with Crippen molar-refractivity contribution in [3.63, 3.8) is 0 Å². The molecule has 1 aromatic heterocycles. The number of rotatable bonds is 6. The number of fused-ring (bicyclic) bond motifs is 1. The number of carbonyl (C=O) groups is 1. The molecule has 1 atom stereocenters.